The summed E-state index contributed by atoms with van der Waals surface area (Å²) in [7, 11) is 0. The Hall–Kier alpha value is -2.41. The van der Waals surface area contributed by atoms with E-state index in [4.69, 9.17) is 0 Å². The third-order valence-electron chi connectivity index (χ3n) is 3.55. The van der Waals surface area contributed by atoms with Crippen LogP contribution < -0.4 is 5.56 Å². The fourth-order valence-corrected chi connectivity index (χ4v) is 3.40. The Balaban J connectivity index is 1.87. The lowest BCUT2D eigenvalue weighted by atomic mass is 10.2. The lowest BCUT2D eigenvalue weighted by Crippen LogP contribution is -2.22. The monoisotopic (exact) mass is 314 g/mol. The van der Waals surface area contributed by atoms with Gasteiger partial charge in [0.1, 0.15) is 5.82 Å². The van der Waals surface area contributed by atoms with Crippen LogP contribution >= 0.6 is 11.8 Å². The van der Waals surface area contributed by atoms with Gasteiger partial charge in [-0.25, -0.2) is 14.1 Å². The van der Waals surface area contributed by atoms with E-state index in [1.807, 2.05) is 0 Å². The van der Waals surface area contributed by atoms with E-state index in [9.17, 15) is 9.18 Å². The average Bonchev–Trinajstić information content (AvgIpc) is 3.17. The van der Waals surface area contributed by atoms with Gasteiger partial charge >= 0.3 is 0 Å². The Morgan fingerprint density at radius 2 is 2.00 bits per heavy atom. The highest BCUT2D eigenvalue weighted by Crippen LogP contribution is 2.24. The van der Waals surface area contributed by atoms with Gasteiger partial charge in [-0.2, -0.15) is 5.10 Å². The maximum Gasteiger partial charge on any atom is 0.263 e. The molecule has 2 aromatic heterocycles. The van der Waals surface area contributed by atoms with E-state index in [1.54, 1.807) is 51.6 Å². The highest BCUT2D eigenvalue weighted by atomic mass is 32.2. The number of rotatable bonds is 2. The number of hydrogen-bond donors (Lipinski definition) is 0. The van der Waals surface area contributed by atoms with Crippen molar-refractivity contribution < 1.29 is 4.39 Å². The van der Waals surface area contributed by atoms with Crippen molar-refractivity contribution in [3.63, 3.8) is 0 Å². The standard InChI is InChI=1S/C15H11FN4OS/c16-10-1-3-11(4-2-10)20-13(5-6-18-20)12-9-17-15-19(14(12)21)7-8-22-15/h1-6,9H,7-8H2. The summed E-state index contributed by atoms with van der Waals surface area (Å²) in [5, 5.41) is 4.99. The van der Waals surface area contributed by atoms with E-state index >= 15 is 0 Å². The summed E-state index contributed by atoms with van der Waals surface area (Å²) in [4.78, 5) is 17.0. The SMILES string of the molecule is O=c1c(-c2ccnn2-c2ccc(F)cc2)cnc2n1CCS2. The molecule has 0 fully saturated rings. The summed E-state index contributed by atoms with van der Waals surface area (Å²) in [5.74, 6) is 0.553. The van der Waals surface area contributed by atoms with Gasteiger partial charge in [-0.3, -0.25) is 9.36 Å². The van der Waals surface area contributed by atoms with Crippen molar-refractivity contribution in [3.8, 4) is 16.9 Å². The zero-order valence-corrected chi connectivity index (χ0v) is 12.3. The predicted octanol–water partition coefficient (Wildman–Crippen LogP) is 2.34. The Morgan fingerprint density at radius 1 is 1.18 bits per heavy atom. The second-order valence-electron chi connectivity index (χ2n) is 4.86. The molecular weight excluding hydrogens is 303 g/mol. The molecule has 3 aromatic rings. The summed E-state index contributed by atoms with van der Waals surface area (Å²) in [5.41, 5.74) is 1.77. The Bertz CT molecular complexity index is 901. The van der Waals surface area contributed by atoms with Crippen LogP contribution in [0.25, 0.3) is 16.9 Å². The fourth-order valence-electron chi connectivity index (χ4n) is 2.49. The maximum absolute atomic E-state index is 13.1. The van der Waals surface area contributed by atoms with E-state index in [1.165, 1.54) is 12.1 Å². The molecule has 0 N–H and O–H groups in total. The van der Waals surface area contributed by atoms with Gasteiger partial charge in [0.25, 0.3) is 5.56 Å². The molecule has 110 valence electrons. The van der Waals surface area contributed by atoms with Crippen LogP contribution in [0.3, 0.4) is 0 Å². The van der Waals surface area contributed by atoms with Gasteiger partial charge in [-0.05, 0) is 30.3 Å². The number of fused-ring (bicyclic) bond motifs is 1. The highest BCUT2D eigenvalue weighted by molar-refractivity contribution is 7.99. The molecule has 1 aromatic carbocycles. The first-order valence-electron chi connectivity index (χ1n) is 6.77. The van der Waals surface area contributed by atoms with E-state index in [0.717, 1.165) is 10.9 Å². The number of benzene rings is 1. The van der Waals surface area contributed by atoms with Crippen LogP contribution in [0.2, 0.25) is 0 Å². The maximum atomic E-state index is 13.1. The number of halogens is 1. The van der Waals surface area contributed by atoms with Crippen LogP contribution in [0.15, 0.2) is 52.7 Å². The van der Waals surface area contributed by atoms with Gasteiger partial charge < -0.3 is 0 Å². The number of nitrogens with zero attached hydrogens (tertiary/aromatic N) is 4. The molecule has 0 spiro atoms. The topological polar surface area (TPSA) is 52.7 Å². The zero-order valence-electron chi connectivity index (χ0n) is 11.4. The Morgan fingerprint density at radius 3 is 2.82 bits per heavy atom. The normalized spacial score (nSPS) is 13.3. The smallest absolute Gasteiger partial charge is 0.263 e. The Labute approximate surface area is 129 Å². The quantitative estimate of drug-likeness (QED) is 0.681. The third kappa shape index (κ3) is 2.05. The van der Waals surface area contributed by atoms with Gasteiger partial charge in [-0.15, -0.1) is 0 Å². The molecule has 7 heteroatoms. The van der Waals surface area contributed by atoms with Gasteiger partial charge in [0, 0.05) is 18.5 Å². The molecule has 0 radical (unpaired) electrons. The summed E-state index contributed by atoms with van der Waals surface area (Å²) < 4.78 is 16.4. The van der Waals surface area contributed by atoms with E-state index < -0.39 is 0 Å². The van der Waals surface area contributed by atoms with Crippen LogP contribution in [-0.2, 0) is 6.54 Å². The zero-order chi connectivity index (χ0) is 15.1. The van der Waals surface area contributed by atoms with E-state index in [-0.39, 0.29) is 11.4 Å². The minimum atomic E-state index is -0.311. The molecule has 0 bridgehead atoms. The minimum Gasteiger partial charge on any atom is -0.286 e. The molecule has 0 amide bonds. The molecule has 4 rings (SSSR count). The van der Waals surface area contributed by atoms with Crippen molar-refractivity contribution in [1.29, 1.82) is 0 Å². The van der Waals surface area contributed by atoms with Crippen molar-refractivity contribution in [2.24, 2.45) is 0 Å². The minimum absolute atomic E-state index is 0.0705. The fraction of sp³-hybridized carbons (Fsp3) is 0.133. The number of aromatic nitrogens is 4. The molecule has 0 atom stereocenters. The highest BCUT2D eigenvalue weighted by Gasteiger charge is 2.19. The van der Waals surface area contributed by atoms with Crippen LogP contribution in [0.1, 0.15) is 0 Å². The van der Waals surface area contributed by atoms with Crippen LogP contribution in [0, 0.1) is 5.82 Å². The summed E-state index contributed by atoms with van der Waals surface area (Å²) >= 11 is 1.58. The Kier molecular flexibility index (Phi) is 3.07. The number of hydrogen-bond acceptors (Lipinski definition) is 4. The van der Waals surface area contributed by atoms with Crippen molar-refractivity contribution >= 4 is 11.8 Å². The molecular formula is C15H11FN4OS. The van der Waals surface area contributed by atoms with Crippen molar-refractivity contribution in [2.45, 2.75) is 11.7 Å². The molecule has 1 aliphatic heterocycles. The summed E-state index contributed by atoms with van der Waals surface area (Å²) in [6.07, 6.45) is 3.20. The first-order chi connectivity index (χ1) is 10.7. The predicted molar refractivity (Wildman–Crippen MR) is 81.7 cm³/mol. The third-order valence-corrected chi connectivity index (χ3v) is 4.52. The molecule has 0 saturated carbocycles. The first kappa shape index (κ1) is 13.3. The molecule has 0 unspecified atom stereocenters. The average molecular weight is 314 g/mol. The van der Waals surface area contributed by atoms with Crippen LogP contribution in [0.4, 0.5) is 4.39 Å². The molecule has 5 nitrogen and oxygen atoms in total. The van der Waals surface area contributed by atoms with Gasteiger partial charge in [0.15, 0.2) is 5.16 Å². The first-order valence-corrected chi connectivity index (χ1v) is 7.75. The van der Waals surface area contributed by atoms with Gasteiger partial charge in [0.05, 0.1) is 23.1 Å². The lowest BCUT2D eigenvalue weighted by molar-refractivity contribution is 0.627. The largest absolute Gasteiger partial charge is 0.286 e. The van der Waals surface area contributed by atoms with Gasteiger partial charge in [-0.1, -0.05) is 11.8 Å². The molecule has 1 aliphatic rings. The van der Waals surface area contributed by atoms with Crippen LogP contribution in [-0.4, -0.2) is 25.1 Å². The molecule has 0 saturated heterocycles. The molecule has 0 aliphatic carbocycles. The van der Waals surface area contributed by atoms with Crippen molar-refractivity contribution in [2.75, 3.05) is 5.75 Å². The summed E-state index contributed by atoms with van der Waals surface area (Å²) in [6.45, 7) is 0.671. The second kappa shape index (κ2) is 5.10. The second-order valence-corrected chi connectivity index (χ2v) is 5.93. The number of thioether (sulfide) groups is 1. The van der Waals surface area contributed by atoms with Gasteiger partial charge in [0.2, 0.25) is 0 Å². The van der Waals surface area contributed by atoms with Crippen molar-refractivity contribution in [3.05, 3.63) is 58.9 Å². The van der Waals surface area contributed by atoms with E-state index in [0.29, 0.717) is 23.5 Å². The van der Waals surface area contributed by atoms with E-state index in [2.05, 4.69) is 10.1 Å². The lowest BCUT2D eigenvalue weighted by Gasteiger charge is -2.08. The van der Waals surface area contributed by atoms with Crippen molar-refractivity contribution in [1.82, 2.24) is 19.3 Å². The van der Waals surface area contributed by atoms with Crippen LogP contribution in [0.5, 0.6) is 0 Å². The summed E-state index contributed by atoms with van der Waals surface area (Å²) in [6, 6.07) is 7.74. The molecule has 22 heavy (non-hydrogen) atoms. The molecule has 3 heterocycles.